The lowest BCUT2D eigenvalue weighted by atomic mass is 10.4. The maximum atomic E-state index is 4.88. The second-order valence-electron chi connectivity index (χ2n) is 1.75. The molecule has 0 aromatic heterocycles. The first kappa shape index (κ1) is 10.0. The Balaban J connectivity index is 0.000000461. The van der Waals surface area contributed by atoms with Gasteiger partial charge in [-0.2, -0.15) is 0 Å². The maximum Gasteiger partial charge on any atom is 0.0876 e. The molecule has 0 bridgehead atoms. The van der Waals surface area contributed by atoms with E-state index in [-0.39, 0.29) is 0 Å². The topological polar surface area (TPSA) is 33.3 Å². The van der Waals surface area contributed by atoms with Crippen LogP contribution in [-0.4, -0.2) is 13.7 Å². The van der Waals surface area contributed by atoms with Crippen LogP contribution in [0.1, 0.15) is 13.8 Å². The molecule has 0 saturated carbocycles. The van der Waals surface area contributed by atoms with E-state index in [2.05, 4.69) is 10.9 Å². The van der Waals surface area contributed by atoms with Gasteiger partial charge >= 0.3 is 0 Å². The lowest BCUT2D eigenvalue weighted by Gasteiger charge is -2.11. The van der Waals surface area contributed by atoms with Crippen molar-refractivity contribution in [2.45, 2.75) is 13.8 Å². The summed E-state index contributed by atoms with van der Waals surface area (Å²) < 4.78 is 4.88. The third kappa shape index (κ3) is 4.44. The minimum absolute atomic E-state index is 0.622. The molecule has 1 aliphatic rings. The van der Waals surface area contributed by atoms with Crippen LogP contribution in [0.3, 0.4) is 0 Å². The summed E-state index contributed by atoms with van der Waals surface area (Å²) in [5.41, 5.74) is 6.80. The molecular weight excluding hydrogens is 140 g/mol. The van der Waals surface area contributed by atoms with E-state index < -0.39 is 0 Å². The number of ether oxygens (including phenoxy) is 1. The Bertz CT molecular complexity index is 141. The number of hydrogen-bond acceptors (Lipinski definition) is 3. The molecule has 64 valence electrons. The molecule has 2 N–H and O–H groups in total. The molecule has 0 aromatic carbocycles. The predicted molar refractivity (Wildman–Crippen MR) is 46.7 cm³/mol. The van der Waals surface area contributed by atoms with E-state index >= 15 is 0 Å². The van der Waals surface area contributed by atoms with Crippen LogP contribution in [0.25, 0.3) is 0 Å². The number of methoxy groups -OCH3 is 1. The van der Waals surface area contributed by atoms with Crippen molar-refractivity contribution in [1.82, 2.24) is 10.9 Å². The third-order valence-corrected chi connectivity index (χ3v) is 1.01. The molecule has 0 saturated heterocycles. The highest BCUT2D eigenvalue weighted by atomic mass is 16.5. The fourth-order valence-corrected chi connectivity index (χ4v) is 0.628. The molecule has 3 heteroatoms. The fraction of sp³-hybridized carbons (Fsp3) is 0.500. The van der Waals surface area contributed by atoms with Gasteiger partial charge in [-0.1, -0.05) is 13.8 Å². The molecule has 0 fully saturated rings. The zero-order valence-corrected chi connectivity index (χ0v) is 7.35. The van der Waals surface area contributed by atoms with Gasteiger partial charge in [0.15, 0.2) is 0 Å². The molecule has 0 aromatic rings. The van der Waals surface area contributed by atoms with E-state index in [0.29, 0.717) is 6.61 Å². The number of nitrogens with one attached hydrogen (secondary N) is 2. The maximum absolute atomic E-state index is 4.88. The normalized spacial score (nSPS) is 13.5. The number of allylic oxidation sites excluding steroid dienone is 2. The number of hydrogen-bond donors (Lipinski definition) is 2. The van der Waals surface area contributed by atoms with Crippen molar-refractivity contribution >= 4 is 0 Å². The Morgan fingerprint density at radius 2 is 2.18 bits per heavy atom. The molecule has 0 amide bonds. The molecule has 11 heavy (non-hydrogen) atoms. The average Bonchev–Trinajstić information content (AvgIpc) is 2.11. The lowest BCUT2D eigenvalue weighted by Crippen LogP contribution is -2.29. The van der Waals surface area contributed by atoms with E-state index in [1.807, 2.05) is 32.2 Å². The minimum Gasteiger partial charge on any atom is -0.378 e. The second-order valence-corrected chi connectivity index (χ2v) is 1.75. The van der Waals surface area contributed by atoms with Crippen LogP contribution in [0.15, 0.2) is 24.0 Å². The summed E-state index contributed by atoms with van der Waals surface area (Å²) in [5, 5.41) is 0. The first-order valence-corrected chi connectivity index (χ1v) is 3.79. The summed E-state index contributed by atoms with van der Waals surface area (Å²) in [6, 6.07) is 0. The predicted octanol–water partition coefficient (Wildman–Crippen LogP) is 1.16. The summed E-state index contributed by atoms with van der Waals surface area (Å²) >= 11 is 0. The monoisotopic (exact) mass is 156 g/mol. The van der Waals surface area contributed by atoms with Gasteiger partial charge in [0.2, 0.25) is 0 Å². The Hall–Kier alpha value is -0.960. The van der Waals surface area contributed by atoms with Gasteiger partial charge in [-0.3, -0.25) is 0 Å². The third-order valence-electron chi connectivity index (χ3n) is 1.01. The van der Waals surface area contributed by atoms with Gasteiger partial charge in [-0.25, -0.2) is 0 Å². The second kappa shape index (κ2) is 7.15. The fourth-order valence-electron chi connectivity index (χ4n) is 0.628. The number of rotatable bonds is 2. The van der Waals surface area contributed by atoms with Crippen LogP contribution >= 0.6 is 0 Å². The molecule has 1 heterocycles. The van der Waals surface area contributed by atoms with Crippen LogP contribution in [-0.2, 0) is 4.74 Å². The first-order valence-electron chi connectivity index (χ1n) is 3.79. The van der Waals surface area contributed by atoms with Crippen LogP contribution in [0.2, 0.25) is 0 Å². The van der Waals surface area contributed by atoms with Crippen LogP contribution in [0, 0.1) is 0 Å². The van der Waals surface area contributed by atoms with E-state index in [4.69, 9.17) is 4.74 Å². The van der Waals surface area contributed by atoms with Gasteiger partial charge in [0.25, 0.3) is 0 Å². The van der Waals surface area contributed by atoms with E-state index in [1.54, 1.807) is 7.11 Å². The summed E-state index contributed by atoms with van der Waals surface area (Å²) in [5.74, 6) is 0. The molecule has 1 rings (SSSR count). The molecule has 3 nitrogen and oxygen atoms in total. The summed E-state index contributed by atoms with van der Waals surface area (Å²) in [6.45, 7) is 4.62. The van der Waals surface area contributed by atoms with E-state index in [1.165, 1.54) is 0 Å². The summed E-state index contributed by atoms with van der Waals surface area (Å²) in [6.07, 6.45) is 5.70. The first-order chi connectivity index (χ1) is 5.43. The highest BCUT2D eigenvalue weighted by Gasteiger charge is 1.93. The van der Waals surface area contributed by atoms with Gasteiger partial charge in [0.1, 0.15) is 0 Å². The molecule has 0 aliphatic carbocycles. The van der Waals surface area contributed by atoms with Crippen molar-refractivity contribution in [2.75, 3.05) is 13.7 Å². The zero-order chi connectivity index (χ0) is 8.53. The Morgan fingerprint density at radius 1 is 1.45 bits per heavy atom. The van der Waals surface area contributed by atoms with Crippen LogP contribution in [0.5, 0.6) is 0 Å². The van der Waals surface area contributed by atoms with Crippen molar-refractivity contribution in [1.29, 1.82) is 0 Å². The molecule has 0 unspecified atom stereocenters. The highest BCUT2D eigenvalue weighted by molar-refractivity contribution is 5.13. The number of hydrazine groups is 1. The molecule has 1 aliphatic heterocycles. The van der Waals surface area contributed by atoms with Gasteiger partial charge in [-0.15, -0.1) is 0 Å². The van der Waals surface area contributed by atoms with Gasteiger partial charge in [0.05, 0.1) is 12.3 Å². The molecule has 0 spiro atoms. The van der Waals surface area contributed by atoms with Crippen molar-refractivity contribution in [3.05, 3.63) is 24.0 Å². The van der Waals surface area contributed by atoms with Crippen LogP contribution < -0.4 is 10.9 Å². The largest absolute Gasteiger partial charge is 0.378 e. The summed E-state index contributed by atoms with van der Waals surface area (Å²) in [4.78, 5) is 0. The van der Waals surface area contributed by atoms with Crippen LogP contribution in [0.4, 0.5) is 0 Å². The Kier molecular flexibility index (Phi) is 6.53. The van der Waals surface area contributed by atoms with Crippen molar-refractivity contribution in [2.24, 2.45) is 0 Å². The Morgan fingerprint density at radius 3 is 2.64 bits per heavy atom. The van der Waals surface area contributed by atoms with Gasteiger partial charge < -0.3 is 15.6 Å². The highest BCUT2D eigenvalue weighted by Crippen LogP contribution is 1.91. The smallest absolute Gasteiger partial charge is 0.0876 e. The van der Waals surface area contributed by atoms with E-state index in [9.17, 15) is 0 Å². The van der Waals surface area contributed by atoms with Crippen molar-refractivity contribution in [3.63, 3.8) is 0 Å². The van der Waals surface area contributed by atoms with E-state index in [0.717, 1.165) is 5.70 Å². The summed E-state index contributed by atoms with van der Waals surface area (Å²) in [7, 11) is 1.67. The molecular formula is C8H16N2O. The molecule has 0 atom stereocenters. The lowest BCUT2D eigenvalue weighted by molar-refractivity contribution is 0.218. The average molecular weight is 156 g/mol. The van der Waals surface area contributed by atoms with Gasteiger partial charge in [-0.05, 0) is 12.2 Å². The zero-order valence-electron chi connectivity index (χ0n) is 7.35. The molecule has 0 radical (unpaired) electrons. The SMILES string of the molecule is CC.COCC1=CC=CNN1. The van der Waals surface area contributed by atoms with Gasteiger partial charge in [0, 0.05) is 13.3 Å². The van der Waals surface area contributed by atoms with Crippen molar-refractivity contribution < 1.29 is 4.74 Å². The van der Waals surface area contributed by atoms with Crippen molar-refractivity contribution in [3.8, 4) is 0 Å². The Labute approximate surface area is 68.1 Å². The standard InChI is InChI=1S/C6H10N2O.C2H6/c1-9-5-6-3-2-4-7-8-6;1-2/h2-4,7-8H,5H2,1H3;1-2H3. The quantitative estimate of drug-likeness (QED) is 0.629. The minimum atomic E-state index is 0.622.